The molecule has 0 amide bonds. The second kappa shape index (κ2) is 11.3. The Morgan fingerprint density at radius 1 is 1.04 bits per heavy atom. The van der Waals surface area contributed by atoms with Crippen LogP contribution >= 0.6 is 0 Å². The zero-order valence-electron chi connectivity index (χ0n) is 32.6. The molecule has 47 heavy (non-hydrogen) atoms. The molecule has 6 heteroatoms. The van der Waals surface area contributed by atoms with Crippen molar-refractivity contribution < 1.29 is 28.5 Å². The van der Waals surface area contributed by atoms with Gasteiger partial charge in [-0.05, 0) is 80.3 Å². The minimum absolute atomic E-state index is 0.00397. The minimum Gasteiger partial charge on any atom is -0.381 e. The summed E-state index contributed by atoms with van der Waals surface area (Å²) in [6, 6.07) is 0. The van der Waals surface area contributed by atoms with Crippen molar-refractivity contribution in [2.45, 2.75) is 159 Å². The fraction of sp³-hybridized carbons (Fsp3) is 0.854. The number of rotatable bonds is 7. The molecule has 266 valence electrons. The van der Waals surface area contributed by atoms with Gasteiger partial charge in [0, 0.05) is 42.3 Å². The van der Waals surface area contributed by atoms with Crippen LogP contribution in [0.25, 0.3) is 0 Å². The van der Waals surface area contributed by atoms with Gasteiger partial charge in [0.2, 0.25) is 0 Å². The molecule has 5 rings (SSSR count). The van der Waals surface area contributed by atoms with Crippen LogP contribution in [-0.2, 0) is 28.5 Å². The lowest BCUT2D eigenvalue weighted by Gasteiger charge is -2.76. The van der Waals surface area contributed by atoms with Gasteiger partial charge >= 0.3 is 0 Å². The number of ketones is 2. The number of methoxy groups -OCH3 is 2. The van der Waals surface area contributed by atoms with Crippen molar-refractivity contribution in [3.8, 4) is 0 Å². The first-order valence-electron chi connectivity index (χ1n) is 18.4. The molecular weight excluding hydrogens is 588 g/mol. The summed E-state index contributed by atoms with van der Waals surface area (Å²) in [7, 11) is 3.50. The zero-order valence-corrected chi connectivity index (χ0v) is 32.6. The number of hydrogen-bond acceptors (Lipinski definition) is 6. The van der Waals surface area contributed by atoms with Crippen molar-refractivity contribution in [2.24, 2.45) is 50.2 Å². The van der Waals surface area contributed by atoms with E-state index in [1.807, 2.05) is 27.0 Å². The molecule has 1 saturated heterocycles. The second-order valence-corrected chi connectivity index (χ2v) is 18.9. The van der Waals surface area contributed by atoms with Crippen LogP contribution in [0.2, 0.25) is 0 Å². The van der Waals surface area contributed by atoms with E-state index in [9.17, 15) is 4.79 Å². The summed E-state index contributed by atoms with van der Waals surface area (Å²) in [5.74, 6) is 0.416. The molecule has 3 unspecified atom stereocenters. The SMILES string of the molecule is CCCC(C)C1O[C@@H]2C[C@H]3[C@]4(C)CCC5=CC(=O)C(C)=C(C)[C@]5(C(C)(C)C)[C@H]4[C@@H](OC)C(C)(C)[C@]3(C(C)(C)C)[C@]2(C(=O)C(C)OC)O1. The molecule has 0 radical (unpaired) electrons. The molecule has 1 heterocycles. The van der Waals surface area contributed by atoms with Crippen molar-refractivity contribution in [3.05, 3.63) is 22.8 Å². The maximum absolute atomic E-state index is 15.3. The lowest BCUT2D eigenvalue weighted by atomic mass is 9.28. The zero-order chi connectivity index (χ0) is 35.5. The standard InChI is InChI=1S/C41H66O6/c1-17-18-23(2)34-46-30-22-29-38(14)20-19-27-21-28(42)24(3)25(4)39(27,35(6,7)8)31(38)33(45-16)37(12,13)41(29,36(9,10)11)40(30,47-34)32(43)26(5)44-15/h21,23,26,29-31,33-34H,17-20,22H2,1-16H3/t23?,26?,29-,30+,31-,33+,34?,38-,39+,40-,41-/m0/s1. The first-order chi connectivity index (χ1) is 21.5. The van der Waals surface area contributed by atoms with E-state index in [0.29, 0.717) is 0 Å². The highest BCUT2D eigenvalue weighted by molar-refractivity contribution is 6.06. The fourth-order valence-corrected chi connectivity index (χ4v) is 13.6. The maximum atomic E-state index is 15.3. The van der Waals surface area contributed by atoms with Gasteiger partial charge in [-0.15, -0.1) is 0 Å². The first kappa shape index (κ1) is 36.9. The Balaban J connectivity index is 1.90. The van der Waals surface area contributed by atoms with E-state index in [0.717, 1.165) is 37.7 Å². The van der Waals surface area contributed by atoms with E-state index in [-0.39, 0.29) is 51.7 Å². The van der Waals surface area contributed by atoms with Gasteiger partial charge in [0.1, 0.15) is 6.10 Å². The third kappa shape index (κ3) is 4.23. The fourth-order valence-electron chi connectivity index (χ4n) is 13.6. The number of fused-ring (bicyclic) bond motifs is 7. The van der Waals surface area contributed by atoms with Crippen LogP contribution in [0.4, 0.5) is 0 Å². The van der Waals surface area contributed by atoms with E-state index in [1.54, 1.807) is 7.11 Å². The lowest BCUT2D eigenvalue weighted by molar-refractivity contribution is -0.324. The van der Waals surface area contributed by atoms with Crippen LogP contribution in [0.5, 0.6) is 0 Å². The predicted octanol–water partition coefficient (Wildman–Crippen LogP) is 8.91. The van der Waals surface area contributed by atoms with Gasteiger partial charge in [-0.3, -0.25) is 9.59 Å². The molecule has 5 aliphatic rings. The summed E-state index contributed by atoms with van der Waals surface area (Å²) < 4.78 is 27.3. The van der Waals surface area contributed by atoms with E-state index in [2.05, 4.69) is 83.1 Å². The molecule has 0 aromatic heterocycles. The molecule has 4 aliphatic carbocycles. The summed E-state index contributed by atoms with van der Waals surface area (Å²) in [5, 5.41) is 0. The Kier molecular flexibility index (Phi) is 8.91. The average molecular weight is 655 g/mol. The molecule has 1 aliphatic heterocycles. The highest BCUT2D eigenvalue weighted by Crippen LogP contribution is 2.84. The highest BCUT2D eigenvalue weighted by Gasteiger charge is 2.88. The normalized spacial score (nSPS) is 42.7. The van der Waals surface area contributed by atoms with Gasteiger partial charge < -0.3 is 18.9 Å². The summed E-state index contributed by atoms with van der Waals surface area (Å²) >= 11 is 0. The van der Waals surface area contributed by atoms with Gasteiger partial charge in [0.25, 0.3) is 0 Å². The van der Waals surface area contributed by atoms with Gasteiger partial charge in [0.15, 0.2) is 23.5 Å². The Morgan fingerprint density at radius 2 is 1.66 bits per heavy atom. The van der Waals surface area contributed by atoms with Crippen molar-refractivity contribution in [1.29, 1.82) is 0 Å². The molecule has 3 saturated carbocycles. The molecule has 11 atom stereocenters. The number of Topliss-reactive ketones (excluding diaryl/α,β-unsaturated/α-hetero) is 1. The predicted molar refractivity (Wildman–Crippen MR) is 187 cm³/mol. The third-order valence-corrected chi connectivity index (χ3v) is 14.8. The monoisotopic (exact) mass is 654 g/mol. The smallest absolute Gasteiger partial charge is 0.196 e. The number of carbonyl (C=O) groups excluding carboxylic acids is 2. The van der Waals surface area contributed by atoms with Gasteiger partial charge in [-0.25, -0.2) is 0 Å². The number of ether oxygens (including phenoxy) is 4. The Hall–Kier alpha value is -1.34. The van der Waals surface area contributed by atoms with Crippen LogP contribution in [-0.4, -0.2) is 56.0 Å². The molecule has 0 bridgehead atoms. The second-order valence-electron chi connectivity index (χ2n) is 18.9. The Labute approximate surface area is 286 Å². The number of carbonyl (C=O) groups is 2. The topological polar surface area (TPSA) is 71.1 Å². The van der Waals surface area contributed by atoms with E-state index >= 15 is 4.79 Å². The summed E-state index contributed by atoms with van der Waals surface area (Å²) in [6.07, 6.45) is 4.67. The largest absolute Gasteiger partial charge is 0.381 e. The quantitative estimate of drug-likeness (QED) is 0.273. The van der Waals surface area contributed by atoms with Crippen molar-refractivity contribution in [3.63, 3.8) is 0 Å². The maximum Gasteiger partial charge on any atom is 0.196 e. The van der Waals surface area contributed by atoms with Gasteiger partial charge in [-0.1, -0.05) is 93.7 Å². The van der Waals surface area contributed by atoms with Crippen LogP contribution in [0.3, 0.4) is 0 Å². The van der Waals surface area contributed by atoms with Crippen molar-refractivity contribution >= 4 is 11.6 Å². The Morgan fingerprint density at radius 3 is 2.17 bits per heavy atom. The molecule has 0 aromatic carbocycles. The first-order valence-corrected chi connectivity index (χ1v) is 18.4. The van der Waals surface area contributed by atoms with Crippen LogP contribution < -0.4 is 0 Å². The molecule has 6 nitrogen and oxygen atoms in total. The van der Waals surface area contributed by atoms with E-state index in [4.69, 9.17) is 18.9 Å². The molecule has 0 spiro atoms. The van der Waals surface area contributed by atoms with Crippen molar-refractivity contribution in [2.75, 3.05) is 14.2 Å². The van der Waals surface area contributed by atoms with Crippen LogP contribution in [0, 0.1) is 50.2 Å². The number of hydrogen-bond donors (Lipinski definition) is 0. The molecule has 0 N–H and O–H groups in total. The molecular formula is C41H66O6. The van der Waals surface area contributed by atoms with Gasteiger partial charge in [0.05, 0.1) is 12.2 Å². The van der Waals surface area contributed by atoms with E-state index < -0.39 is 40.3 Å². The highest BCUT2D eigenvalue weighted by atomic mass is 16.7. The lowest BCUT2D eigenvalue weighted by Crippen LogP contribution is -2.79. The minimum atomic E-state index is -1.22. The average Bonchev–Trinajstić information content (AvgIpc) is 3.49. The van der Waals surface area contributed by atoms with Crippen LogP contribution in [0.1, 0.15) is 129 Å². The third-order valence-electron chi connectivity index (χ3n) is 14.8. The van der Waals surface area contributed by atoms with Crippen molar-refractivity contribution in [1.82, 2.24) is 0 Å². The molecule has 0 aromatic rings. The van der Waals surface area contributed by atoms with Gasteiger partial charge in [-0.2, -0.15) is 0 Å². The summed E-state index contributed by atoms with van der Waals surface area (Å²) in [6.45, 7) is 31.7. The molecule has 4 fully saturated rings. The summed E-state index contributed by atoms with van der Waals surface area (Å²) in [4.78, 5) is 28.8. The van der Waals surface area contributed by atoms with Crippen LogP contribution in [0.15, 0.2) is 22.8 Å². The Bertz CT molecular complexity index is 1360. The van der Waals surface area contributed by atoms with E-state index in [1.165, 1.54) is 11.1 Å². The summed E-state index contributed by atoms with van der Waals surface area (Å²) in [5.41, 5.74) is -0.410. The number of allylic oxidation sites excluding steroid dienone is 4.